The van der Waals surface area contributed by atoms with Crippen molar-refractivity contribution in [3.8, 4) is 0 Å². The molecular weight excluding hydrogens is 310 g/mol. The van der Waals surface area contributed by atoms with Crippen molar-refractivity contribution in [1.29, 1.82) is 0 Å². The third kappa shape index (κ3) is 18.0. The smallest absolute Gasteiger partial charge is 0.222 e. The van der Waals surface area contributed by atoms with Gasteiger partial charge in [0.1, 0.15) is 5.72 Å². The lowest BCUT2D eigenvalue weighted by atomic mass is 10.0. The minimum absolute atomic E-state index is 0.0263. The fraction of sp³-hybridized carbons (Fsp3) is 0.955. The normalized spacial score (nSPS) is 13.6. The van der Waals surface area contributed by atoms with Gasteiger partial charge in [0, 0.05) is 6.42 Å². The Morgan fingerprint density at radius 3 is 1.44 bits per heavy atom. The highest BCUT2D eigenvalue weighted by molar-refractivity contribution is 5.76. The molecule has 0 aromatic rings. The van der Waals surface area contributed by atoms with Gasteiger partial charge >= 0.3 is 0 Å². The number of nitrogens with one attached hydrogen (secondary N) is 1. The first-order valence-corrected chi connectivity index (χ1v) is 11.0. The highest BCUT2D eigenvalue weighted by Gasteiger charge is 2.19. The molecule has 0 aliphatic rings. The van der Waals surface area contributed by atoms with Crippen molar-refractivity contribution in [2.24, 2.45) is 0 Å². The van der Waals surface area contributed by atoms with Gasteiger partial charge in [-0.3, -0.25) is 4.79 Å². The van der Waals surface area contributed by atoms with Gasteiger partial charge in [-0.25, -0.2) is 0 Å². The lowest BCUT2D eigenvalue weighted by Gasteiger charge is -2.22. The Labute approximate surface area is 157 Å². The third-order valence-electron chi connectivity index (χ3n) is 5.10. The summed E-state index contributed by atoms with van der Waals surface area (Å²) in [6.45, 7) is 5.79. The number of unbranched alkanes of at least 4 members (excludes halogenated alkanes) is 14. The zero-order valence-corrected chi connectivity index (χ0v) is 17.4. The maximum atomic E-state index is 11.7. The molecule has 0 aromatic heterocycles. The van der Waals surface area contributed by atoms with E-state index in [0.29, 0.717) is 12.8 Å². The van der Waals surface area contributed by atoms with Gasteiger partial charge in [0.2, 0.25) is 5.91 Å². The second-order valence-corrected chi connectivity index (χ2v) is 7.88. The highest BCUT2D eigenvalue weighted by atomic mass is 16.3. The van der Waals surface area contributed by atoms with E-state index in [9.17, 15) is 9.90 Å². The van der Waals surface area contributed by atoms with E-state index < -0.39 is 5.72 Å². The van der Waals surface area contributed by atoms with Gasteiger partial charge in [-0.2, -0.15) is 0 Å². The van der Waals surface area contributed by atoms with Gasteiger partial charge in [0.15, 0.2) is 0 Å². The van der Waals surface area contributed by atoms with Crippen LogP contribution in [0.3, 0.4) is 0 Å². The summed E-state index contributed by atoms with van der Waals surface area (Å²) in [5, 5.41) is 12.5. The van der Waals surface area contributed by atoms with E-state index >= 15 is 0 Å². The number of hydrogen-bond donors (Lipinski definition) is 2. The topological polar surface area (TPSA) is 49.3 Å². The van der Waals surface area contributed by atoms with Crippen LogP contribution >= 0.6 is 0 Å². The molecule has 0 aliphatic heterocycles. The molecule has 0 fully saturated rings. The molecule has 0 rings (SSSR count). The van der Waals surface area contributed by atoms with Gasteiger partial charge in [0.25, 0.3) is 0 Å². The highest BCUT2D eigenvalue weighted by Crippen LogP contribution is 2.14. The van der Waals surface area contributed by atoms with Crippen molar-refractivity contribution in [2.45, 2.75) is 136 Å². The van der Waals surface area contributed by atoms with E-state index in [1.54, 1.807) is 6.92 Å². The number of rotatable bonds is 18. The van der Waals surface area contributed by atoms with Crippen LogP contribution in [0.15, 0.2) is 0 Å². The lowest BCUT2D eigenvalue weighted by Crippen LogP contribution is -2.45. The molecule has 0 heterocycles. The summed E-state index contributed by atoms with van der Waals surface area (Å²) in [6, 6.07) is 0. The van der Waals surface area contributed by atoms with Crippen molar-refractivity contribution in [3.63, 3.8) is 0 Å². The first kappa shape index (κ1) is 24.4. The van der Waals surface area contributed by atoms with Crippen LogP contribution in [0.2, 0.25) is 0 Å². The molecule has 25 heavy (non-hydrogen) atoms. The second kappa shape index (κ2) is 16.9. The number of aliphatic hydroxyl groups is 1. The Bertz CT molecular complexity index is 302. The van der Waals surface area contributed by atoms with E-state index in [1.165, 1.54) is 83.5 Å². The van der Waals surface area contributed by atoms with Gasteiger partial charge in [-0.1, -0.05) is 104 Å². The molecule has 0 saturated carbocycles. The van der Waals surface area contributed by atoms with Crippen LogP contribution in [0.1, 0.15) is 130 Å². The second-order valence-electron chi connectivity index (χ2n) is 7.88. The number of carbonyl (C=O) groups is 1. The SMILES string of the molecule is CCCCCCCCCCCCCCCCCC(=O)NC(C)(O)CC. The number of hydrogen-bond acceptors (Lipinski definition) is 2. The summed E-state index contributed by atoms with van der Waals surface area (Å²) in [5.74, 6) is -0.0263. The Balaban J connectivity index is 3.20. The van der Waals surface area contributed by atoms with Crippen molar-refractivity contribution >= 4 is 5.91 Å². The van der Waals surface area contributed by atoms with Gasteiger partial charge < -0.3 is 10.4 Å². The molecule has 1 unspecified atom stereocenters. The standard InChI is InChI=1S/C22H45NO2/c1-4-6-7-8-9-10-11-12-13-14-15-16-17-18-19-20-21(24)23-22(3,25)5-2/h25H,4-20H2,1-3H3,(H,23,24). The van der Waals surface area contributed by atoms with Crippen LogP contribution in [0.5, 0.6) is 0 Å². The van der Waals surface area contributed by atoms with Crippen LogP contribution in [-0.2, 0) is 4.79 Å². The molecule has 2 N–H and O–H groups in total. The van der Waals surface area contributed by atoms with E-state index in [1.807, 2.05) is 6.92 Å². The Hall–Kier alpha value is -0.570. The fourth-order valence-corrected chi connectivity index (χ4v) is 3.11. The van der Waals surface area contributed by atoms with Crippen LogP contribution in [0.25, 0.3) is 0 Å². The first-order chi connectivity index (χ1) is 12.0. The average molecular weight is 356 g/mol. The van der Waals surface area contributed by atoms with Crippen LogP contribution in [0.4, 0.5) is 0 Å². The van der Waals surface area contributed by atoms with Crippen molar-refractivity contribution in [2.75, 3.05) is 0 Å². The summed E-state index contributed by atoms with van der Waals surface area (Å²) in [7, 11) is 0. The number of amides is 1. The van der Waals surface area contributed by atoms with E-state index in [2.05, 4.69) is 12.2 Å². The largest absolute Gasteiger partial charge is 0.371 e. The summed E-state index contributed by atoms with van der Waals surface area (Å²) in [4.78, 5) is 11.7. The Morgan fingerprint density at radius 1 is 0.720 bits per heavy atom. The van der Waals surface area contributed by atoms with E-state index in [4.69, 9.17) is 0 Å². The predicted molar refractivity (Wildman–Crippen MR) is 109 cm³/mol. The van der Waals surface area contributed by atoms with Gasteiger partial charge in [-0.05, 0) is 19.8 Å². The summed E-state index contributed by atoms with van der Waals surface area (Å²) in [5.41, 5.74) is -1.05. The van der Waals surface area contributed by atoms with Gasteiger partial charge in [0.05, 0.1) is 0 Å². The molecule has 1 amide bonds. The maximum absolute atomic E-state index is 11.7. The zero-order valence-electron chi connectivity index (χ0n) is 17.4. The maximum Gasteiger partial charge on any atom is 0.222 e. The molecule has 0 spiro atoms. The summed E-state index contributed by atoms with van der Waals surface area (Å²) < 4.78 is 0. The molecule has 0 radical (unpaired) electrons. The Kier molecular flexibility index (Phi) is 16.5. The van der Waals surface area contributed by atoms with Crippen LogP contribution < -0.4 is 5.32 Å². The quantitative estimate of drug-likeness (QED) is 0.218. The minimum Gasteiger partial charge on any atom is -0.371 e. The lowest BCUT2D eigenvalue weighted by molar-refractivity contribution is -0.128. The zero-order chi connectivity index (χ0) is 18.8. The van der Waals surface area contributed by atoms with E-state index in [0.717, 1.165) is 12.8 Å². The monoisotopic (exact) mass is 355 g/mol. The van der Waals surface area contributed by atoms with Crippen molar-refractivity contribution < 1.29 is 9.90 Å². The predicted octanol–water partition coefficient (Wildman–Crippen LogP) is 6.48. The molecule has 3 heteroatoms. The molecule has 0 aromatic carbocycles. The van der Waals surface area contributed by atoms with Crippen LogP contribution in [0, 0.1) is 0 Å². The summed E-state index contributed by atoms with van der Waals surface area (Å²) in [6.07, 6.45) is 21.1. The first-order valence-electron chi connectivity index (χ1n) is 11.0. The Morgan fingerprint density at radius 2 is 1.08 bits per heavy atom. The summed E-state index contributed by atoms with van der Waals surface area (Å²) >= 11 is 0. The van der Waals surface area contributed by atoms with E-state index in [-0.39, 0.29) is 5.91 Å². The molecule has 150 valence electrons. The average Bonchev–Trinajstić information content (AvgIpc) is 2.58. The number of carbonyl (C=O) groups excluding carboxylic acids is 1. The van der Waals surface area contributed by atoms with Crippen LogP contribution in [-0.4, -0.2) is 16.7 Å². The van der Waals surface area contributed by atoms with Crippen molar-refractivity contribution in [1.82, 2.24) is 5.32 Å². The molecule has 1 atom stereocenters. The molecule has 0 bridgehead atoms. The molecule has 0 saturated heterocycles. The molecule has 0 aliphatic carbocycles. The van der Waals surface area contributed by atoms with Gasteiger partial charge in [-0.15, -0.1) is 0 Å². The molecular formula is C22H45NO2. The van der Waals surface area contributed by atoms with Crippen molar-refractivity contribution in [3.05, 3.63) is 0 Å². The third-order valence-corrected chi connectivity index (χ3v) is 5.10. The fourth-order valence-electron chi connectivity index (χ4n) is 3.11. The minimum atomic E-state index is -1.05. The molecule has 3 nitrogen and oxygen atoms in total.